The molecule has 49 heavy (non-hydrogen) atoms. The Morgan fingerprint density at radius 3 is 1.43 bits per heavy atom. The van der Waals surface area contributed by atoms with E-state index in [0.29, 0.717) is 19.3 Å². The number of ketones is 2. The van der Waals surface area contributed by atoms with Crippen LogP contribution in [0.3, 0.4) is 0 Å². The molecule has 0 saturated heterocycles. The highest BCUT2D eigenvalue weighted by Gasteiger charge is 2.41. The molecule has 0 aromatic rings. The van der Waals surface area contributed by atoms with E-state index in [-0.39, 0.29) is 93.6 Å². The van der Waals surface area contributed by atoms with Gasteiger partial charge in [-0.15, -0.1) is 23.5 Å². The highest BCUT2D eigenvalue weighted by molar-refractivity contribution is 8.00. The zero-order valence-electron chi connectivity index (χ0n) is 31.1. The van der Waals surface area contributed by atoms with Crippen LogP contribution in [-0.2, 0) is 38.2 Å². The first-order chi connectivity index (χ1) is 22.9. The normalized spacial score (nSPS) is 25.0. The summed E-state index contributed by atoms with van der Waals surface area (Å²) >= 11 is 6.72. The summed E-state index contributed by atoms with van der Waals surface area (Å²) in [6.07, 6.45) is 11.4. The van der Waals surface area contributed by atoms with Gasteiger partial charge in [0.15, 0.2) is 0 Å². The summed E-state index contributed by atoms with van der Waals surface area (Å²) in [5.74, 6) is -0.746. The Balaban J connectivity index is 1.89. The van der Waals surface area contributed by atoms with E-state index < -0.39 is 23.3 Å². The van der Waals surface area contributed by atoms with Crippen LogP contribution in [0.25, 0.3) is 0 Å². The summed E-state index contributed by atoms with van der Waals surface area (Å²) in [6.45, 7) is 18.1. The molecule has 0 bridgehead atoms. The van der Waals surface area contributed by atoms with Crippen LogP contribution in [0.2, 0.25) is 0 Å². The molecule has 278 valence electrons. The molecular formula is C38H60O8S3. The predicted molar refractivity (Wildman–Crippen MR) is 203 cm³/mol. The topological polar surface area (TPSA) is 113 Å². The van der Waals surface area contributed by atoms with Crippen LogP contribution in [-0.4, -0.2) is 77.1 Å². The Hall–Kier alpha value is -1.72. The Morgan fingerprint density at radius 1 is 0.735 bits per heavy atom. The van der Waals surface area contributed by atoms with Crippen molar-refractivity contribution in [3.63, 3.8) is 0 Å². The van der Waals surface area contributed by atoms with Gasteiger partial charge in [0.1, 0.15) is 31.4 Å². The van der Waals surface area contributed by atoms with Gasteiger partial charge in [-0.2, -0.15) is 12.6 Å². The van der Waals surface area contributed by atoms with E-state index in [0.717, 1.165) is 12.8 Å². The Morgan fingerprint density at radius 2 is 1.10 bits per heavy atom. The molecule has 0 heterocycles. The zero-order valence-corrected chi connectivity index (χ0v) is 33.6. The minimum absolute atomic E-state index is 0.0557. The summed E-state index contributed by atoms with van der Waals surface area (Å²) in [5.41, 5.74) is -1.14. The molecular weight excluding hydrogens is 681 g/mol. The average Bonchev–Trinajstić information content (AvgIpc) is 3.01. The molecule has 0 aliphatic heterocycles. The molecule has 2 aliphatic rings. The largest absolute Gasteiger partial charge is 0.464 e. The van der Waals surface area contributed by atoms with Crippen molar-refractivity contribution in [2.75, 3.05) is 37.1 Å². The molecule has 7 atom stereocenters. The number of allylic oxidation sites excluding steroid dienone is 4. The number of thioether (sulfide) groups is 2. The van der Waals surface area contributed by atoms with Crippen molar-refractivity contribution in [1.82, 2.24) is 0 Å². The van der Waals surface area contributed by atoms with Crippen LogP contribution in [0.4, 0.5) is 0 Å². The molecule has 0 aromatic heterocycles. The van der Waals surface area contributed by atoms with Gasteiger partial charge in [0.2, 0.25) is 0 Å². The first-order valence-corrected chi connectivity index (χ1v) is 20.3. The van der Waals surface area contributed by atoms with Crippen molar-refractivity contribution in [3.8, 4) is 0 Å². The number of carbonyl (C=O) groups is 5. The van der Waals surface area contributed by atoms with Gasteiger partial charge in [-0.05, 0) is 41.9 Å². The highest BCUT2D eigenvalue weighted by atomic mass is 32.2. The first-order valence-electron chi connectivity index (χ1n) is 17.6. The van der Waals surface area contributed by atoms with E-state index in [2.05, 4.69) is 78.5 Å². The highest BCUT2D eigenvalue weighted by Crippen LogP contribution is 2.43. The third kappa shape index (κ3) is 13.7. The molecule has 8 nitrogen and oxygen atoms in total. The van der Waals surface area contributed by atoms with E-state index in [1.807, 2.05) is 20.8 Å². The lowest BCUT2D eigenvalue weighted by Gasteiger charge is -2.39. The third-order valence-electron chi connectivity index (χ3n) is 10.0. The molecule has 5 unspecified atom stereocenters. The van der Waals surface area contributed by atoms with Crippen LogP contribution in [0.15, 0.2) is 24.3 Å². The Kier molecular flexibility index (Phi) is 17.5. The number of Topliss-reactive ketones (excluding diaryl/α,β-unsaturated/α-hetero) is 2. The van der Waals surface area contributed by atoms with Crippen molar-refractivity contribution in [1.29, 1.82) is 0 Å². The smallest absolute Gasteiger partial charge is 0.315 e. The first kappa shape index (κ1) is 43.4. The fraction of sp³-hybridized carbons (Fsp3) is 0.763. The maximum Gasteiger partial charge on any atom is 0.315 e. The monoisotopic (exact) mass is 740 g/mol. The van der Waals surface area contributed by atoms with Crippen molar-refractivity contribution >= 4 is 65.6 Å². The van der Waals surface area contributed by atoms with Gasteiger partial charge < -0.3 is 14.2 Å². The molecule has 0 N–H and O–H groups in total. The second-order valence-electron chi connectivity index (χ2n) is 15.5. The lowest BCUT2D eigenvalue weighted by molar-refractivity contribution is -0.159. The standard InChI is InChI=1S/C38H60O8S3/c1-10-38(22-44-31(41)19-47,23-45-32(42)20-48-27(4)17-29(39)34-25(2)13-11-15-36(34,6)7)24-46-33(43)21-49-28(5)18-30(40)35-26(3)14-12-16-37(35,8)9/h11-14,25-28,34-35,47H,10,15-24H2,1-9H3/t25?,26?,27-,28+,34?,35?,38?. The fourth-order valence-corrected chi connectivity index (χ4v) is 8.81. The van der Waals surface area contributed by atoms with E-state index in [9.17, 15) is 24.0 Å². The summed E-state index contributed by atoms with van der Waals surface area (Å²) in [6, 6.07) is 0. The summed E-state index contributed by atoms with van der Waals surface area (Å²) in [5, 5.41) is -0.126. The van der Waals surface area contributed by atoms with Crippen LogP contribution < -0.4 is 0 Å². The number of esters is 3. The van der Waals surface area contributed by atoms with Gasteiger partial charge in [-0.3, -0.25) is 24.0 Å². The number of carbonyl (C=O) groups excluding carboxylic acids is 5. The maximum absolute atomic E-state index is 13.2. The molecule has 2 rings (SSSR count). The van der Waals surface area contributed by atoms with Crippen LogP contribution >= 0.6 is 36.2 Å². The van der Waals surface area contributed by atoms with Gasteiger partial charge >= 0.3 is 17.9 Å². The van der Waals surface area contributed by atoms with Crippen molar-refractivity contribution in [3.05, 3.63) is 24.3 Å². The number of hydrogen-bond donors (Lipinski definition) is 1. The SMILES string of the molecule is CCC(COC(=O)CS)(COC(=O)CS[C@H](C)CC(=O)C1C(C)C=CCC1(C)C)COC(=O)CS[C@@H](C)CC(=O)C1C(C)C=CCC1(C)C. The van der Waals surface area contributed by atoms with E-state index in [1.165, 1.54) is 23.5 Å². The molecule has 2 aliphatic carbocycles. The van der Waals surface area contributed by atoms with Crippen LogP contribution in [0.1, 0.15) is 94.4 Å². The molecule has 0 spiro atoms. The molecule has 0 aromatic carbocycles. The van der Waals surface area contributed by atoms with Crippen molar-refractivity contribution in [2.24, 2.45) is 39.9 Å². The summed E-state index contributed by atoms with van der Waals surface area (Å²) < 4.78 is 16.7. The number of hydrogen-bond acceptors (Lipinski definition) is 11. The third-order valence-corrected chi connectivity index (χ3v) is 12.6. The van der Waals surface area contributed by atoms with Crippen molar-refractivity contribution < 1.29 is 38.2 Å². The fourth-order valence-electron chi connectivity index (χ4n) is 7.15. The van der Waals surface area contributed by atoms with Gasteiger partial charge in [0.25, 0.3) is 0 Å². The zero-order chi connectivity index (χ0) is 37.0. The van der Waals surface area contributed by atoms with E-state index >= 15 is 0 Å². The summed E-state index contributed by atoms with van der Waals surface area (Å²) in [7, 11) is 0. The second kappa shape index (κ2) is 19.8. The molecule has 0 fully saturated rings. The number of ether oxygens (including phenoxy) is 3. The number of rotatable bonds is 20. The van der Waals surface area contributed by atoms with Crippen LogP contribution in [0.5, 0.6) is 0 Å². The quantitative estimate of drug-likeness (QED) is 0.0580. The minimum atomic E-state index is -0.936. The van der Waals surface area contributed by atoms with Gasteiger partial charge in [-0.1, -0.05) is 86.6 Å². The molecule has 0 radical (unpaired) electrons. The second-order valence-corrected chi connectivity index (χ2v) is 18.7. The lowest BCUT2D eigenvalue weighted by Crippen LogP contribution is -2.39. The minimum Gasteiger partial charge on any atom is -0.464 e. The molecule has 11 heteroatoms. The predicted octanol–water partition coefficient (Wildman–Crippen LogP) is 7.58. The van der Waals surface area contributed by atoms with Crippen LogP contribution in [0, 0.1) is 39.9 Å². The van der Waals surface area contributed by atoms with Gasteiger partial charge in [-0.25, -0.2) is 0 Å². The summed E-state index contributed by atoms with van der Waals surface area (Å²) in [4.78, 5) is 64.0. The van der Waals surface area contributed by atoms with Gasteiger partial charge in [0, 0.05) is 35.2 Å². The Labute approximate surface area is 308 Å². The lowest BCUT2D eigenvalue weighted by atomic mass is 9.65. The number of thiol groups is 1. The molecule has 0 saturated carbocycles. The maximum atomic E-state index is 13.2. The average molecular weight is 741 g/mol. The molecule has 0 amide bonds. The Bertz CT molecular complexity index is 1130. The van der Waals surface area contributed by atoms with E-state index in [1.54, 1.807) is 0 Å². The van der Waals surface area contributed by atoms with Crippen molar-refractivity contribution in [2.45, 2.75) is 105 Å². The van der Waals surface area contributed by atoms with E-state index in [4.69, 9.17) is 14.2 Å². The van der Waals surface area contributed by atoms with Gasteiger partial charge in [0.05, 0.1) is 22.7 Å².